The molecule has 0 aliphatic heterocycles. The van der Waals surface area contributed by atoms with Gasteiger partial charge in [0.25, 0.3) is 0 Å². The minimum Gasteiger partial charge on any atom is -0.396 e. The van der Waals surface area contributed by atoms with Gasteiger partial charge >= 0.3 is 0 Å². The molecule has 3 heteroatoms. The molecule has 3 N–H and O–H groups in total. The quantitative estimate of drug-likeness (QED) is 0.434. The standard InChI is InChI=1S/C6H12O3/c7-3-4-5(8)1-2-6(4)9/h4-9H,1-3H2/t4?,5-,6+. The largest absolute Gasteiger partial charge is 0.396 e. The van der Waals surface area contributed by atoms with Gasteiger partial charge in [-0.25, -0.2) is 0 Å². The fraction of sp³-hybridized carbons (Fsp3) is 1.00. The summed E-state index contributed by atoms with van der Waals surface area (Å²) < 4.78 is 0. The molecule has 0 amide bonds. The molecule has 0 aromatic heterocycles. The maximum absolute atomic E-state index is 9.04. The smallest absolute Gasteiger partial charge is 0.0616 e. The average molecular weight is 132 g/mol. The Labute approximate surface area is 53.9 Å². The summed E-state index contributed by atoms with van der Waals surface area (Å²) in [6.45, 7) is -0.109. The van der Waals surface area contributed by atoms with Crippen molar-refractivity contribution >= 4 is 0 Å². The molecule has 0 aromatic rings. The third-order valence-electron chi connectivity index (χ3n) is 1.96. The van der Waals surface area contributed by atoms with Gasteiger partial charge < -0.3 is 15.3 Å². The first-order valence-corrected chi connectivity index (χ1v) is 3.22. The second-order valence-electron chi connectivity index (χ2n) is 2.56. The Bertz CT molecular complexity index is 84.3. The first-order chi connectivity index (χ1) is 4.25. The van der Waals surface area contributed by atoms with Gasteiger partial charge in [-0.3, -0.25) is 0 Å². The summed E-state index contributed by atoms with van der Waals surface area (Å²) in [6, 6.07) is 0. The Morgan fingerprint density at radius 2 is 1.56 bits per heavy atom. The van der Waals surface area contributed by atoms with E-state index in [4.69, 9.17) is 15.3 Å². The van der Waals surface area contributed by atoms with Gasteiger partial charge in [0.2, 0.25) is 0 Å². The molecule has 3 atom stereocenters. The summed E-state index contributed by atoms with van der Waals surface area (Å²) in [5, 5.41) is 26.7. The first kappa shape index (κ1) is 6.99. The molecule has 1 rings (SSSR count). The second-order valence-corrected chi connectivity index (χ2v) is 2.56. The molecule has 0 radical (unpaired) electrons. The van der Waals surface area contributed by atoms with Crippen LogP contribution in [0.4, 0.5) is 0 Å². The second kappa shape index (κ2) is 2.64. The van der Waals surface area contributed by atoms with E-state index < -0.39 is 12.2 Å². The topological polar surface area (TPSA) is 60.7 Å². The lowest BCUT2D eigenvalue weighted by Gasteiger charge is -2.13. The van der Waals surface area contributed by atoms with E-state index in [1.54, 1.807) is 0 Å². The molecule has 9 heavy (non-hydrogen) atoms. The van der Waals surface area contributed by atoms with Crippen LogP contribution in [0.2, 0.25) is 0 Å². The highest BCUT2D eigenvalue weighted by molar-refractivity contribution is 4.83. The zero-order valence-corrected chi connectivity index (χ0v) is 5.20. The number of aliphatic hydroxyl groups excluding tert-OH is 3. The molecule has 0 bridgehead atoms. The Balaban J connectivity index is 2.44. The number of rotatable bonds is 1. The molecule has 1 saturated carbocycles. The number of hydrogen-bond acceptors (Lipinski definition) is 3. The van der Waals surface area contributed by atoms with Crippen LogP contribution in [0, 0.1) is 5.92 Å². The minimum absolute atomic E-state index is 0.109. The van der Waals surface area contributed by atoms with Crippen molar-refractivity contribution in [2.45, 2.75) is 25.0 Å². The lowest BCUT2D eigenvalue weighted by Crippen LogP contribution is -2.25. The first-order valence-electron chi connectivity index (χ1n) is 3.22. The van der Waals surface area contributed by atoms with Gasteiger partial charge in [-0.1, -0.05) is 0 Å². The third kappa shape index (κ3) is 1.23. The van der Waals surface area contributed by atoms with Crippen LogP contribution in [0.25, 0.3) is 0 Å². The van der Waals surface area contributed by atoms with Gasteiger partial charge in [-0.2, -0.15) is 0 Å². The van der Waals surface area contributed by atoms with E-state index in [0.29, 0.717) is 12.8 Å². The molecule has 1 unspecified atom stereocenters. The summed E-state index contributed by atoms with van der Waals surface area (Å²) in [6.07, 6.45) is 0.244. The van der Waals surface area contributed by atoms with Crippen molar-refractivity contribution in [3.8, 4) is 0 Å². The highest BCUT2D eigenvalue weighted by Gasteiger charge is 2.32. The zero-order valence-electron chi connectivity index (χ0n) is 5.20. The number of hydrogen-bond donors (Lipinski definition) is 3. The van der Waals surface area contributed by atoms with Crippen LogP contribution < -0.4 is 0 Å². The van der Waals surface area contributed by atoms with Crippen LogP contribution in [0.3, 0.4) is 0 Å². The molecule has 3 nitrogen and oxygen atoms in total. The van der Waals surface area contributed by atoms with E-state index in [-0.39, 0.29) is 12.5 Å². The van der Waals surface area contributed by atoms with Gasteiger partial charge in [-0.05, 0) is 12.8 Å². The minimum atomic E-state index is -0.495. The summed E-state index contributed by atoms with van der Waals surface area (Å²) in [4.78, 5) is 0. The van der Waals surface area contributed by atoms with Gasteiger partial charge in [0.15, 0.2) is 0 Å². The average Bonchev–Trinajstić information content (AvgIpc) is 2.12. The molecule has 1 fully saturated rings. The van der Waals surface area contributed by atoms with Crippen molar-refractivity contribution in [3.05, 3.63) is 0 Å². The fourth-order valence-electron chi connectivity index (χ4n) is 1.27. The maximum Gasteiger partial charge on any atom is 0.0616 e. The highest BCUT2D eigenvalue weighted by atomic mass is 16.3. The van der Waals surface area contributed by atoms with Crippen LogP contribution >= 0.6 is 0 Å². The highest BCUT2D eigenvalue weighted by Crippen LogP contribution is 2.25. The van der Waals surface area contributed by atoms with Crippen molar-refractivity contribution in [1.29, 1.82) is 0 Å². The normalized spacial score (nSPS) is 43.7. The van der Waals surface area contributed by atoms with Crippen LogP contribution in [0.15, 0.2) is 0 Å². The van der Waals surface area contributed by atoms with Crippen molar-refractivity contribution in [3.63, 3.8) is 0 Å². The van der Waals surface area contributed by atoms with Gasteiger partial charge in [0.1, 0.15) is 0 Å². The summed E-state index contributed by atoms with van der Waals surface area (Å²) in [5.74, 6) is -0.301. The fourth-order valence-corrected chi connectivity index (χ4v) is 1.27. The molecule has 0 aromatic carbocycles. The Hall–Kier alpha value is -0.120. The Morgan fingerprint density at radius 1 is 1.11 bits per heavy atom. The maximum atomic E-state index is 9.04. The SMILES string of the molecule is OCC1[C@H](O)CC[C@@H]1O. The predicted molar refractivity (Wildman–Crippen MR) is 31.8 cm³/mol. The van der Waals surface area contributed by atoms with Crippen molar-refractivity contribution in [2.24, 2.45) is 5.92 Å². The monoisotopic (exact) mass is 132 g/mol. The van der Waals surface area contributed by atoms with Gasteiger partial charge in [0.05, 0.1) is 18.8 Å². The number of aliphatic hydroxyl groups is 3. The van der Waals surface area contributed by atoms with Crippen LogP contribution in [-0.4, -0.2) is 34.1 Å². The van der Waals surface area contributed by atoms with E-state index in [1.807, 2.05) is 0 Å². The predicted octanol–water partition coefficient (Wildman–Crippen LogP) is -0.890. The molecule has 0 heterocycles. The van der Waals surface area contributed by atoms with E-state index in [9.17, 15) is 0 Å². The zero-order chi connectivity index (χ0) is 6.85. The van der Waals surface area contributed by atoms with E-state index in [0.717, 1.165) is 0 Å². The van der Waals surface area contributed by atoms with Gasteiger partial charge in [-0.15, -0.1) is 0 Å². The lowest BCUT2D eigenvalue weighted by molar-refractivity contribution is 0.0291. The molecule has 0 saturated heterocycles. The van der Waals surface area contributed by atoms with Crippen LogP contribution in [-0.2, 0) is 0 Å². The van der Waals surface area contributed by atoms with E-state index >= 15 is 0 Å². The van der Waals surface area contributed by atoms with Crippen molar-refractivity contribution in [1.82, 2.24) is 0 Å². The molecule has 1 aliphatic carbocycles. The Kier molecular flexibility index (Phi) is 2.05. The summed E-state index contributed by atoms with van der Waals surface area (Å²) in [7, 11) is 0. The summed E-state index contributed by atoms with van der Waals surface area (Å²) >= 11 is 0. The van der Waals surface area contributed by atoms with Crippen molar-refractivity contribution in [2.75, 3.05) is 6.61 Å². The molecule has 54 valence electrons. The van der Waals surface area contributed by atoms with Crippen LogP contribution in [0.5, 0.6) is 0 Å². The van der Waals surface area contributed by atoms with Crippen LogP contribution in [0.1, 0.15) is 12.8 Å². The third-order valence-corrected chi connectivity index (χ3v) is 1.96. The van der Waals surface area contributed by atoms with Gasteiger partial charge in [0, 0.05) is 5.92 Å². The molecule has 0 spiro atoms. The van der Waals surface area contributed by atoms with Crippen molar-refractivity contribution < 1.29 is 15.3 Å². The molecular weight excluding hydrogens is 120 g/mol. The molecule has 1 aliphatic rings. The molecular formula is C6H12O3. The van der Waals surface area contributed by atoms with E-state index in [2.05, 4.69) is 0 Å². The Morgan fingerprint density at radius 3 is 1.78 bits per heavy atom. The lowest BCUT2D eigenvalue weighted by atomic mass is 10.1. The summed E-state index contributed by atoms with van der Waals surface area (Å²) in [5.41, 5.74) is 0. The van der Waals surface area contributed by atoms with E-state index in [1.165, 1.54) is 0 Å².